The van der Waals surface area contributed by atoms with E-state index in [0.717, 1.165) is 5.01 Å². The molecule has 2 saturated heterocycles. The van der Waals surface area contributed by atoms with E-state index < -0.39 is 58.5 Å². The van der Waals surface area contributed by atoms with Gasteiger partial charge in [-0.15, -0.1) is 0 Å². The van der Waals surface area contributed by atoms with Gasteiger partial charge in [0.25, 0.3) is 11.8 Å². The Balaban J connectivity index is 1.11. The number of carbonyl (C=O) groups excluding carboxylic acids is 4. The van der Waals surface area contributed by atoms with Gasteiger partial charge in [0, 0.05) is 34.2 Å². The van der Waals surface area contributed by atoms with E-state index in [-0.39, 0.29) is 47.2 Å². The van der Waals surface area contributed by atoms with Crippen molar-refractivity contribution in [1.82, 2.24) is 9.99 Å². The van der Waals surface area contributed by atoms with Crippen LogP contribution in [-0.2, 0) is 24.6 Å². The summed E-state index contributed by atoms with van der Waals surface area (Å²) in [5, 5.41) is 13.3. The molecule has 14 heteroatoms. The van der Waals surface area contributed by atoms with Crippen molar-refractivity contribution >= 4 is 57.7 Å². The average Bonchev–Trinajstić information content (AvgIpc) is 3.89. The maximum atomic E-state index is 15.5. The minimum Gasteiger partial charge on any atom is -0.507 e. The first kappa shape index (κ1) is 38.2. The van der Waals surface area contributed by atoms with Crippen LogP contribution in [0.5, 0.6) is 17.2 Å². The lowest BCUT2D eigenvalue weighted by Crippen LogP contribution is -2.53. The zero-order chi connectivity index (χ0) is 42.3. The molecule has 6 aromatic rings. The molecule has 1 saturated carbocycles. The number of nitrogens with one attached hydrogen (secondary N) is 1. The number of methoxy groups -OCH3 is 2. The number of amides is 4. The van der Waals surface area contributed by atoms with E-state index in [1.54, 1.807) is 54.6 Å². The Morgan fingerprint density at radius 2 is 1.61 bits per heavy atom. The zero-order valence-electron chi connectivity index (χ0n) is 32.7. The van der Waals surface area contributed by atoms with E-state index in [2.05, 4.69) is 10.4 Å². The second kappa shape index (κ2) is 14.3. The summed E-state index contributed by atoms with van der Waals surface area (Å²) in [4.78, 5) is 65.6. The summed E-state index contributed by atoms with van der Waals surface area (Å²) >= 11 is 6.41. The number of carbonyl (C=O) groups is 4. The van der Waals surface area contributed by atoms with Crippen molar-refractivity contribution in [1.29, 1.82) is 0 Å². The van der Waals surface area contributed by atoms with Crippen molar-refractivity contribution in [2.24, 2.45) is 23.7 Å². The number of nitrogens with zero attached hydrogens (tertiary/aromatic N) is 3. The number of allylic oxidation sites excluding steroid dienone is 2. The Morgan fingerprint density at radius 1 is 0.869 bits per heavy atom. The third kappa shape index (κ3) is 5.74. The number of oxazole rings is 1. The number of imide groups is 2. The molecule has 4 amide bonds. The van der Waals surface area contributed by atoms with E-state index in [0.29, 0.717) is 44.4 Å². The maximum Gasteiger partial charge on any atom is 0.260 e. The Labute approximate surface area is 353 Å². The topological polar surface area (TPSA) is 152 Å². The van der Waals surface area contributed by atoms with E-state index in [9.17, 15) is 19.1 Å². The third-order valence-electron chi connectivity index (χ3n) is 12.8. The van der Waals surface area contributed by atoms with Crippen molar-refractivity contribution < 1.29 is 42.6 Å². The van der Waals surface area contributed by atoms with Crippen LogP contribution >= 0.6 is 11.6 Å². The molecule has 5 aromatic carbocycles. The van der Waals surface area contributed by atoms with E-state index in [1.165, 1.54) is 49.5 Å². The fourth-order valence-electron chi connectivity index (χ4n) is 10.1. The highest BCUT2D eigenvalue weighted by Gasteiger charge is 2.71. The lowest BCUT2D eigenvalue weighted by atomic mass is 9.49. The molecule has 61 heavy (non-hydrogen) atoms. The predicted octanol–water partition coefficient (Wildman–Crippen LogP) is 8.20. The molecule has 0 radical (unpaired) electrons. The highest BCUT2D eigenvalue weighted by Crippen LogP contribution is 2.66. The molecule has 0 bridgehead atoms. The number of phenols is 1. The van der Waals surface area contributed by atoms with Gasteiger partial charge in [-0.25, -0.2) is 9.37 Å². The van der Waals surface area contributed by atoms with E-state index in [4.69, 9.17) is 25.5 Å². The fourth-order valence-corrected chi connectivity index (χ4v) is 10.3. The monoisotopic (exact) mass is 838 g/mol. The Morgan fingerprint density at radius 3 is 2.31 bits per heavy atom. The second-order valence-electron chi connectivity index (χ2n) is 15.7. The van der Waals surface area contributed by atoms with Crippen LogP contribution in [0, 0.1) is 29.5 Å². The summed E-state index contributed by atoms with van der Waals surface area (Å²) in [6, 6.07) is 29.1. The number of hydrazine groups is 1. The summed E-state index contributed by atoms with van der Waals surface area (Å²) in [6.07, 6.45) is 2.03. The van der Waals surface area contributed by atoms with Crippen molar-refractivity contribution in [2.45, 2.75) is 24.2 Å². The minimum atomic E-state index is -1.74. The summed E-state index contributed by atoms with van der Waals surface area (Å²) < 4.78 is 31.3. The van der Waals surface area contributed by atoms with E-state index in [1.807, 2.05) is 30.3 Å². The van der Waals surface area contributed by atoms with E-state index >= 15 is 9.59 Å². The number of halogens is 2. The fraction of sp³-hybridized carbons (Fsp3) is 0.213. The summed E-state index contributed by atoms with van der Waals surface area (Å²) in [6.45, 7) is 0. The predicted molar refractivity (Wildman–Crippen MR) is 222 cm³/mol. The van der Waals surface area contributed by atoms with Crippen LogP contribution in [0.2, 0.25) is 5.02 Å². The number of hydrogen-bond donors (Lipinski definition) is 2. The number of aromatic hydroxyl groups is 1. The maximum absolute atomic E-state index is 15.5. The van der Waals surface area contributed by atoms with Gasteiger partial charge in [0.1, 0.15) is 28.6 Å². The Bertz CT molecular complexity index is 2790. The molecular formula is C47H36ClFN4O8. The van der Waals surface area contributed by atoms with Crippen LogP contribution in [0.1, 0.15) is 29.9 Å². The van der Waals surface area contributed by atoms with Gasteiger partial charge in [0.05, 0.1) is 48.8 Å². The van der Waals surface area contributed by atoms with Crippen LogP contribution in [0.15, 0.2) is 125 Å². The molecule has 12 nitrogen and oxygen atoms in total. The number of phenolic OH excluding ortho intramolecular Hbond substituents is 1. The third-order valence-corrected chi connectivity index (χ3v) is 13.0. The van der Waals surface area contributed by atoms with Crippen LogP contribution in [-0.4, -0.2) is 52.9 Å². The van der Waals surface area contributed by atoms with Crippen molar-refractivity contribution in [2.75, 3.05) is 24.5 Å². The van der Waals surface area contributed by atoms with Crippen LogP contribution in [0.25, 0.3) is 22.6 Å². The summed E-state index contributed by atoms with van der Waals surface area (Å²) in [5.41, 5.74) is 5.05. The Hall–Kier alpha value is -6.99. The molecule has 6 atom stereocenters. The summed E-state index contributed by atoms with van der Waals surface area (Å²) in [5.74, 6) is -6.67. The molecule has 2 aliphatic carbocycles. The summed E-state index contributed by atoms with van der Waals surface area (Å²) in [7, 11) is 2.86. The standard InChI is InChI=1S/C47H36ClFN4O8/c1-59-30-21-36(54)40(38(22-30)60-2)41-31-19-20-32-39(45(57)52(43(32)55)29-17-7-24(8-18-29)42-50-35-5-3-4-6-37(35)61-42)33(31)23-34-44(56)53(51-28-15-13-27(49)14-16-28)46(58)47(34,41)25-9-11-26(48)12-10-25/h3-19,21-22,32-34,39,41,51,54H,20,23H2,1-2H3/t32-,33+,34-,39-,41+,47+/m0/s1. The molecule has 2 N–H and O–H groups in total. The first-order valence-electron chi connectivity index (χ1n) is 19.7. The molecule has 4 aliphatic rings. The number of rotatable bonds is 8. The number of fused-ring (bicyclic) bond motifs is 5. The number of aromatic nitrogens is 1. The zero-order valence-corrected chi connectivity index (χ0v) is 33.4. The van der Waals surface area contributed by atoms with Gasteiger partial charge in [0.15, 0.2) is 5.58 Å². The highest BCUT2D eigenvalue weighted by molar-refractivity contribution is 6.30. The van der Waals surface area contributed by atoms with Gasteiger partial charge in [0.2, 0.25) is 17.7 Å². The molecule has 3 heterocycles. The van der Waals surface area contributed by atoms with Crippen molar-refractivity contribution in [3.8, 4) is 28.7 Å². The lowest BCUT2D eigenvalue weighted by molar-refractivity contribution is -0.138. The molecule has 3 fully saturated rings. The second-order valence-corrected chi connectivity index (χ2v) is 16.1. The largest absolute Gasteiger partial charge is 0.507 e. The molecule has 10 rings (SSSR count). The van der Waals surface area contributed by atoms with Gasteiger partial charge in [-0.3, -0.25) is 29.5 Å². The SMILES string of the molecule is COc1cc(O)c([C@H]2C3=CC[C@@H]4C(=O)N(c5ccc(-c6nc7ccccc7o6)cc5)C(=O)[C@@H]4[C@@H]3C[C@H]3C(=O)N(Nc4ccc(F)cc4)C(=O)[C@@]23c2ccc(Cl)cc2)c(OC)c1. The van der Waals surface area contributed by atoms with Crippen LogP contribution in [0.4, 0.5) is 15.8 Å². The van der Waals surface area contributed by atoms with Crippen LogP contribution < -0.4 is 19.8 Å². The average molecular weight is 839 g/mol. The van der Waals surface area contributed by atoms with Crippen molar-refractivity contribution in [3.05, 3.63) is 143 Å². The number of ether oxygens (including phenoxy) is 2. The Kier molecular flexibility index (Phi) is 8.98. The molecule has 306 valence electrons. The first-order valence-corrected chi connectivity index (χ1v) is 20.1. The lowest BCUT2D eigenvalue weighted by Gasteiger charge is -2.50. The molecule has 0 unspecified atom stereocenters. The normalized spacial score (nSPS) is 24.4. The molecule has 0 spiro atoms. The smallest absolute Gasteiger partial charge is 0.260 e. The molecular weight excluding hydrogens is 803 g/mol. The number of anilines is 2. The molecule has 2 aliphatic heterocycles. The quantitative estimate of drug-likeness (QED) is 0.113. The number of para-hydroxylation sites is 2. The first-order chi connectivity index (χ1) is 29.5. The van der Waals surface area contributed by atoms with Gasteiger partial charge >= 0.3 is 0 Å². The molecule has 1 aromatic heterocycles. The van der Waals surface area contributed by atoms with Gasteiger partial charge in [-0.05, 0) is 97.1 Å². The van der Waals surface area contributed by atoms with Crippen LogP contribution in [0.3, 0.4) is 0 Å². The van der Waals surface area contributed by atoms with Gasteiger partial charge in [-0.1, -0.05) is 47.5 Å². The number of benzene rings is 5. The minimum absolute atomic E-state index is 0.00104. The van der Waals surface area contributed by atoms with Gasteiger partial charge < -0.3 is 19.0 Å². The van der Waals surface area contributed by atoms with Gasteiger partial charge in [-0.2, -0.15) is 5.01 Å². The van der Waals surface area contributed by atoms with Crippen molar-refractivity contribution in [3.63, 3.8) is 0 Å². The number of hydrogen-bond acceptors (Lipinski definition) is 10. The highest BCUT2D eigenvalue weighted by atomic mass is 35.5.